The van der Waals surface area contributed by atoms with Crippen molar-refractivity contribution in [1.82, 2.24) is 0 Å². The first-order valence-electron chi connectivity index (χ1n) is 13.3. The maximum Gasteiger partial charge on any atom is 0.335 e. The number of aromatic carboxylic acids is 1. The number of rotatable bonds is 5. The Morgan fingerprint density at radius 2 is 1.34 bits per heavy atom. The summed E-state index contributed by atoms with van der Waals surface area (Å²) in [5, 5.41) is 17.9. The van der Waals surface area contributed by atoms with E-state index in [4.69, 9.17) is 5.10 Å². The molecule has 2 amide bonds. The van der Waals surface area contributed by atoms with Crippen LogP contribution in [0.3, 0.4) is 0 Å². The number of para-hydroxylation sites is 1. The van der Waals surface area contributed by atoms with Crippen LogP contribution in [0.1, 0.15) is 54.7 Å². The molecule has 0 saturated carbocycles. The summed E-state index contributed by atoms with van der Waals surface area (Å²) in [4.78, 5) is 40.2. The van der Waals surface area contributed by atoms with Crippen LogP contribution in [0.2, 0.25) is 0 Å². The summed E-state index contributed by atoms with van der Waals surface area (Å²) in [6.07, 6.45) is 0.554. The van der Waals surface area contributed by atoms with Crippen molar-refractivity contribution in [2.24, 2.45) is 5.10 Å². The maximum absolute atomic E-state index is 13.6. The van der Waals surface area contributed by atoms with Gasteiger partial charge in [0.1, 0.15) is 0 Å². The number of hydrogen-bond donors (Lipinski definition) is 1. The van der Waals surface area contributed by atoms with Crippen LogP contribution in [0.15, 0.2) is 120 Å². The number of carbonyl (C=O) groups is 3. The molecule has 0 aliphatic carbocycles. The van der Waals surface area contributed by atoms with E-state index in [1.165, 1.54) is 4.90 Å². The van der Waals surface area contributed by atoms with Crippen LogP contribution in [0.4, 0.5) is 11.4 Å². The van der Waals surface area contributed by atoms with Gasteiger partial charge in [0.05, 0.1) is 28.7 Å². The molecule has 0 fully saturated rings. The van der Waals surface area contributed by atoms with Gasteiger partial charge < -0.3 is 5.11 Å². The zero-order valence-corrected chi connectivity index (χ0v) is 21.8. The van der Waals surface area contributed by atoms with E-state index in [1.807, 2.05) is 65.7 Å². The lowest BCUT2D eigenvalue weighted by molar-refractivity contribution is 0.0696. The number of carbonyl (C=O) groups excluding carboxylic acids is 2. The van der Waals surface area contributed by atoms with Gasteiger partial charge in [0.2, 0.25) is 0 Å². The third kappa shape index (κ3) is 3.98. The minimum Gasteiger partial charge on any atom is -0.478 e. The lowest BCUT2D eigenvalue weighted by Crippen LogP contribution is -2.40. The highest BCUT2D eigenvalue weighted by Crippen LogP contribution is 2.40. The van der Waals surface area contributed by atoms with Crippen molar-refractivity contribution in [2.45, 2.75) is 12.5 Å². The quantitative estimate of drug-likeness (QED) is 0.252. The van der Waals surface area contributed by atoms with Gasteiger partial charge >= 0.3 is 5.97 Å². The van der Waals surface area contributed by atoms with Crippen LogP contribution < -0.4 is 9.91 Å². The highest BCUT2D eigenvalue weighted by Gasteiger charge is 2.36. The molecule has 7 heteroatoms. The zero-order valence-electron chi connectivity index (χ0n) is 21.8. The first-order chi connectivity index (χ1) is 20.0. The summed E-state index contributed by atoms with van der Waals surface area (Å²) in [5.74, 6) is -1.73. The van der Waals surface area contributed by atoms with E-state index in [9.17, 15) is 19.5 Å². The molecule has 41 heavy (non-hydrogen) atoms. The van der Waals surface area contributed by atoms with Crippen molar-refractivity contribution in [3.63, 3.8) is 0 Å². The molecule has 0 aromatic heterocycles. The van der Waals surface area contributed by atoms with Crippen molar-refractivity contribution >= 4 is 45.6 Å². The van der Waals surface area contributed by atoms with Crippen LogP contribution in [-0.2, 0) is 0 Å². The Morgan fingerprint density at radius 1 is 0.707 bits per heavy atom. The van der Waals surface area contributed by atoms with E-state index in [0.717, 1.165) is 22.2 Å². The van der Waals surface area contributed by atoms with Gasteiger partial charge in [0.25, 0.3) is 11.8 Å². The minimum absolute atomic E-state index is 0.169. The number of imide groups is 1. The molecule has 2 heterocycles. The van der Waals surface area contributed by atoms with Crippen molar-refractivity contribution < 1.29 is 19.5 Å². The number of carboxylic acid groups (broad SMARTS) is 1. The molecule has 5 aromatic rings. The lowest BCUT2D eigenvalue weighted by atomic mass is 9.88. The summed E-state index contributed by atoms with van der Waals surface area (Å²) in [6, 6.07) is 34.7. The molecule has 0 saturated heterocycles. The van der Waals surface area contributed by atoms with Gasteiger partial charge in [-0.25, -0.2) is 9.69 Å². The Balaban J connectivity index is 1.36. The lowest BCUT2D eigenvalue weighted by Gasteiger charge is -2.27. The molecule has 7 rings (SSSR count). The Hall–Kier alpha value is -5.56. The third-order valence-corrected chi connectivity index (χ3v) is 7.69. The van der Waals surface area contributed by atoms with Crippen molar-refractivity contribution in [2.75, 3.05) is 9.91 Å². The van der Waals surface area contributed by atoms with E-state index in [2.05, 4.69) is 0 Å². The first-order valence-corrected chi connectivity index (χ1v) is 13.3. The standard InChI is InChI=1S/C34H23N3O4/c38-32-27-16-8-15-26-25(17-18-28(31(26)27)33(39)36(32)23-12-5-2-6-13-23)29-20-30(21-9-3-1-4-10-21)37(35-29)24-14-7-11-22(19-24)34(40)41/h1-19,30H,20H2,(H,40,41). The van der Waals surface area contributed by atoms with Crippen molar-refractivity contribution in [3.05, 3.63) is 143 Å². The van der Waals surface area contributed by atoms with Gasteiger partial charge in [-0.3, -0.25) is 14.6 Å². The SMILES string of the molecule is O=C(O)c1cccc(N2N=C(c3ccc4c5c(cccc35)C(=O)N(c3ccccc3)C4=O)CC2c2ccccc2)c1. The molecule has 1 unspecified atom stereocenters. The fourth-order valence-corrected chi connectivity index (χ4v) is 5.79. The summed E-state index contributed by atoms with van der Waals surface area (Å²) >= 11 is 0. The summed E-state index contributed by atoms with van der Waals surface area (Å²) in [7, 11) is 0. The normalized spacial score (nSPS) is 16.3. The van der Waals surface area contributed by atoms with E-state index in [1.54, 1.807) is 54.6 Å². The van der Waals surface area contributed by atoms with Gasteiger partial charge in [0.15, 0.2) is 0 Å². The Kier molecular flexibility index (Phi) is 5.71. The second kappa shape index (κ2) is 9.57. The van der Waals surface area contributed by atoms with Gasteiger partial charge in [0, 0.05) is 28.5 Å². The molecular formula is C34H23N3O4. The number of anilines is 2. The van der Waals surface area contributed by atoms with E-state index >= 15 is 0 Å². The second-order valence-corrected chi connectivity index (χ2v) is 10.0. The number of benzene rings is 5. The molecule has 0 bridgehead atoms. The Morgan fingerprint density at radius 3 is 2.07 bits per heavy atom. The van der Waals surface area contributed by atoms with Crippen molar-refractivity contribution in [1.29, 1.82) is 0 Å². The molecule has 7 nitrogen and oxygen atoms in total. The topological polar surface area (TPSA) is 90.3 Å². The molecule has 0 radical (unpaired) electrons. The summed E-state index contributed by atoms with van der Waals surface area (Å²) < 4.78 is 0. The monoisotopic (exact) mass is 537 g/mol. The van der Waals surface area contributed by atoms with Crippen molar-refractivity contribution in [3.8, 4) is 0 Å². The largest absolute Gasteiger partial charge is 0.478 e. The highest BCUT2D eigenvalue weighted by atomic mass is 16.4. The van der Waals surface area contributed by atoms with Crippen LogP contribution in [-0.4, -0.2) is 28.6 Å². The van der Waals surface area contributed by atoms with Crippen LogP contribution >= 0.6 is 0 Å². The molecule has 2 aliphatic heterocycles. The average molecular weight is 538 g/mol. The number of hydrazone groups is 1. The first kappa shape index (κ1) is 24.5. The molecular weight excluding hydrogens is 514 g/mol. The number of nitrogens with zero attached hydrogens (tertiary/aromatic N) is 3. The predicted molar refractivity (Wildman–Crippen MR) is 158 cm³/mol. The number of carboxylic acids is 1. The third-order valence-electron chi connectivity index (χ3n) is 7.69. The summed E-state index contributed by atoms with van der Waals surface area (Å²) in [6.45, 7) is 0. The zero-order chi connectivity index (χ0) is 28.1. The fraction of sp³-hybridized carbons (Fsp3) is 0.0588. The maximum atomic E-state index is 13.6. The van der Waals surface area contributed by atoms with Crippen LogP contribution in [0.5, 0.6) is 0 Å². The van der Waals surface area contributed by atoms with E-state index in [-0.39, 0.29) is 23.4 Å². The minimum atomic E-state index is -1.01. The van der Waals surface area contributed by atoms with Crippen LogP contribution in [0, 0.1) is 0 Å². The molecule has 0 spiro atoms. The Bertz CT molecular complexity index is 1880. The molecule has 198 valence electrons. The average Bonchev–Trinajstić information content (AvgIpc) is 3.46. The molecule has 1 atom stereocenters. The van der Waals surface area contributed by atoms with Gasteiger partial charge in [-0.05, 0) is 53.4 Å². The molecule has 5 aromatic carbocycles. The Labute approximate surface area is 235 Å². The van der Waals surface area contributed by atoms with Gasteiger partial charge in [-0.1, -0.05) is 72.8 Å². The second-order valence-electron chi connectivity index (χ2n) is 10.0. The fourth-order valence-electron chi connectivity index (χ4n) is 5.79. The smallest absolute Gasteiger partial charge is 0.335 e. The van der Waals surface area contributed by atoms with Gasteiger partial charge in [-0.2, -0.15) is 5.10 Å². The van der Waals surface area contributed by atoms with E-state index in [0.29, 0.717) is 34.3 Å². The predicted octanol–water partition coefficient (Wildman–Crippen LogP) is 6.69. The van der Waals surface area contributed by atoms with Gasteiger partial charge in [-0.15, -0.1) is 0 Å². The molecule has 2 aliphatic rings. The van der Waals surface area contributed by atoms with Crippen LogP contribution in [0.25, 0.3) is 10.8 Å². The number of amides is 2. The van der Waals surface area contributed by atoms with E-state index < -0.39 is 5.97 Å². The highest BCUT2D eigenvalue weighted by molar-refractivity contribution is 6.36. The number of hydrogen-bond acceptors (Lipinski definition) is 5. The summed E-state index contributed by atoms with van der Waals surface area (Å²) in [5.41, 5.74) is 4.96. The molecule has 1 N–H and O–H groups in total.